The standard InChI is InChI=1S/C24H31ClO9/c1-9-13-7-14(30-11(3)26)22(5)15(31-12(4)27)8-16-23(6,34-16)18(22)19(28)24(33-13)10(2)21(29)32-20(24)17(9)25/h10,13-20,28H,1,7-8H2,2-6H3/t10-,13-,14-,15-,16+,17-,18+,19-,20-,22-,23+,24+/m0/s1. The summed E-state index contributed by atoms with van der Waals surface area (Å²) in [6, 6.07) is 0. The number of esters is 3. The Morgan fingerprint density at radius 1 is 1.12 bits per heavy atom. The van der Waals surface area contributed by atoms with E-state index < -0.39 is 82.3 Å². The second-order valence-electron chi connectivity index (χ2n) is 10.8. The molecule has 0 aromatic carbocycles. The number of hydrogen-bond acceptors (Lipinski definition) is 9. The van der Waals surface area contributed by atoms with Crippen LogP contribution in [0.15, 0.2) is 12.2 Å². The van der Waals surface area contributed by atoms with Crippen LogP contribution in [0.2, 0.25) is 0 Å². The first kappa shape index (κ1) is 24.0. The second-order valence-corrected chi connectivity index (χ2v) is 11.2. The summed E-state index contributed by atoms with van der Waals surface area (Å²) in [6.45, 7) is 12.1. The highest BCUT2D eigenvalue weighted by atomic mass is 35.5. The van der Waals surface area contributed by atoms with E-state index in [9.17, 15) is 19.5 Å². The Labute approximate surface area is 203 Å². The number of hydrogen-bond donors (Lipinski definition) is 1. The molecule has 1 N–H and O–H groups in total. The fraction of sp³-hybridized carbons (Fsp3) is 0.792. The zero-order valence-electron chi connectivity index (χ0n) is 19.9. The van der Waals surface area contributed by atoms with Crippen LogP contribution in [-0.2, 0) is 38.1 Å². The Morgan fingerprint density at radius 2 is 1.71 bits per heavy atom. The third-order valence-corrected chi connectivity index (χ3v) is 9.51. The maximum Gasteiger partial charge on any atom is 0.312 e. The zero-order chi connectivity index (χ0) is 25.0. The minimum atomic E-state index is -1.47. The van der Waals surface area contributed by atoms with Crippen LogP contribution >= 0.6 is 11.6 Å². The van der Waals surface area contributed by atoms with Gasteiger partial charge in [-0.05, 0) is 19.4 Å². The lowest BCUT2D eigenvalue weighted by atomic mass is 9.52. The molecular weight excluding hydrogens is 468 g/mol. The molecule has 5 fully saturated rings. The molecule has 0 amide bonds. The van der Waals surface area contributed by atoms with Crippen molar-refractivity contribution in [2.75, 3.05) is 0 Å². The monoisotopic (exact) mass is 498 g/mol. The number of alkyl halides is 1. The number of halogens is 1. The molecule has 4 aliphatic heterocycles. The summed E-state index contributed by atoms with van der Waals surface area (Å²) < 4.78 is 29.9. The van der Waals surface area contributed by atoms with Crippen molar-refractivity contribution in [2.45, 2.75) is 101 Å². The zero-order valence-corrected chi connectivity index (χ0v) is 20.7. The van der Waals surface area contributed by atoms with Crippen LogP contribution in [0.5, 0.6) is 0 Å². The van der Waals surface area contributed by atoms with Crippen LogP contribution in [0.4, 0.5) is 0 Å². The number of epoxide rings is 1. The molecule has 4 heterocycles. The van der Waals surface area contributed by atoms with E-state index >= 15 is 0 Å². The van der Waals surface area contributed by atoms with E-state index in [4.69, 9.17) is 35.3 Å². The van der Waals surface area contributed by atoms with Gasteiger partial charge in [0.25, 0.3) is 0 Å². The van der Waals surface area contributed by atoms with E-state index in [1.807, 2.05) is 13.8 Å². The summed E-state index contributed by atoms with van der Waals surface area (Å²) in [5.41, 5.74) is -2.88. The minimum absolute atomic E-state index is 0.162. The van der Waals surface area contributed by atoms with Crippen molar-refractivity contribution in [3.05, 3.63) is 12.2 Å². The number of aliphatic hydroxyl groups is 1. The van der Waals surface area contributed by atoms with Gasteiger partial charge in [0.2, 0.25) is 0 Å². The quantitative estimate of drug-likeness (QED) is 0.199. The van der Waals surface area contributed by atoms with Gasteiger partial charge < -0.3 is 28.8 Å². The molecule has 9 nitrogen and oxygen atoms in total. The van der Waals surface area contributed by atoms with E-state index in [2.05, 4.69) is 6.58 Å². The summed E-state index contributed by atoms with van der Waals surface area (Å²) in [5.74, 6) is -3.09. The van der Waals surface area contributed by atoms with Crippen LogP contribution in [0, 0.1) is 17.3 Å². The number of fused-ring (bicyclic) bond motifs is 4. The molecule has 12 atom stereocenters. The second kappa shape index (κ2) is 7.41. The Balaban J connectivity index is 1.73. The third kappa shape index (κ3) is 2.93. The van der Waals surface area contributed by atoms with Crippen LogP contribution in [0.1, 0.15) is 47.5 Å². The summed E-state index contributed by atoms with van der Waals surface area (Å²) in [4.78, 5) is 37.1. The smallest absolute Gasteiger partial charge is 0.312 e. The lowest BCUT2D eigenvalue weighted by Crippen LogP contribution is -2.73. The number of aliphatic hydroxyl groups excluding tert-OH is 1. The molecule has 34 heavy (non-hydrogen) atoms. The average Bonchev–Trinajstić information content (AvgIpc) is 3.32. The van der Waals surface area contributed by atoms with Crippen molar-refractivity contribution in [3.63, 3.8) is 0 Å². The lowest BCUT2D eigenvalue weighted by molar-refractivity contribution is -0.277. The first-order valence-corrected chi connectivity index (χ1v) is 12.1. The highest BCUT2D eigenvalue weighted by Crippen LogP contribution is 2.66. The summed E-state index contributed by atoms with van der Waals surface area (Å²) in [6.07, 6.45) is -4.26. The summed E-state index contributed by atoms with van der Waals surface area (Å²) in [5, 5.41) is 11.4. The largest absolute Gasteiger partial charge is 0.462 e. The van der Waals surface area contributed by atoms with Crippen molar-refractivity contribution in [3.8, 4) is 0 Å². The van der Waals surface area contributed by atoms with Crippen molar-refractivity contribution in [1.82, 2.24) is 0 Å². The molecule has 0 radical (unpaired) electrons. The predicted octanol–water partition coefficient (Wildman–Crippen LogP) is 1.66. The average molecular weight is 499 g/mol. The number of rotatable bonds is 2. The molecule has 10 heteroatoms. The third-order valence-electron chi connectivity index (χ3n) is 9.00. The topological polar surface area (TPSA) is 121 Å². The molecule has 0 aromatic rings. The molecule has 4 saturated heterocycles. The highest BCUT2D eigenvalue weighted by molar-refractivity contribution is 6.23. The lowest BCUT2D eigenvalue weighted by Gasteiger charge is -2.60. The number of carbonyl (C=O) groups is 3. The van der Waals surface area contributed by atoms with Crippen molar-refractivity contribution >= 4 is 29.5 Å². The van der Waals surface area contributed by atoms with Gasteiger partial charge in [0.1, 0.15) is 17.8 Å². The Hall–Kier alpha value is -1.68. The fourth-order valence-corrected chi connectivity index (χ4v) is 7.60. The van der Waals surface area contributed by atoms with Crippen LogP contribution in [0.3, 0.4) is 0 Å². The molecule has 188 valence electrons. The highest BCUT2D eigenvalue weighted by Gasteiger charge is 2.79. The molecule has 1 saturated carbocycles. The van der Waals surface area contributed by atoms with Gasteiger partial charge in [-0.15, -0.1) is 11.6 Å². The molecule has 0 aromatic heterocycles. The van der Waals surface area contributed by atoms with Crippen molar-refractivity contribution in [1.29, 1.82) is 0 Å². The van der Waals surface area contributed by atoms with E-state index in [-0.39, 0.29) is 12.5 Å². The SMILES string of the molecule is C=C1[C@@H]2C[C@H](OC(C)=O)[C@@]3(C)[C@@H](OC(C)=O)C[C@H]4O[C@@]4(C)[C@@H]3[C@H](O)[C@]3(O2)[C@@H](C)C(=O)O[C@H]3[C@H]1Cl. The molecule has 2 bridgehead atoms. The number of carbonyl (C=O) groups excluding carboxylic acids is 3. The van der Waals surface area contributed by atoms with E-state index in [1.54, 1.807) is 6.92 Å². The van der Waals surface area contributed by atoms with Gasteiger partial charge in [-0.3, -0.25) is 14.4 Å². The maximum absolute atomic E-state index is 12.8. The Bertz CT molecular complexity index is 968. The van der Waals surface area contributed by atoms with Gasteiger partial charge in [0.15, 0.2) is 6.10 Å². The number of ether oxygens (including phenoxy) is 5. The molecule has 0 unspecified atom stereocenters. The van der Waals surface area contributed by atoms with Gasteiger partial charge in [0.05, 0.1) is 40.6 Å². The summed E-state index contributed by atoms with van der Waals surface area (Å²) in [7, 11) is 0. The predicted molar refractivity (Wildman–Crippen MR) is 117 cm³/mol. The Kier molecular flexibility index (Phi) is 5.24. The Morgan fingerprint density at radius 3 is 2.29 bits per heavy atom. The van der Waals surface area contributed by atoms with Gasteiger partial charge in [-0.25, -0.2) is 0 Å². The molecule has 1 spiro atoms. The normalized spacial score (nSPS) is 53.3. The van der Waals surface area contributed by atoms with E-state index in [1.165, 1.54) is 13.8 Å². The minimum Gasteiger partial charge on any atom is -0.462 e. The molecular formula is C24H31ClO9. The van der Waals surface area contributed by atoms with Gasteiger partial charge >= 0.3 is 17.9 Å². The first-order valence-electron chi connectivity index (χ1n) is 11.7. The van der Waals surface area contributed by atoms with E-state index in [0.717, 1.165) is 0 Å². The van der Waals surface area contributed by atoms with Gasteiger partial charge in [-0.2, -0.15) is 0 Å². The molecule has 1 aliphatic carbocycles. The molecule has 5 aliphatic rings. The van der Waals surface area contributed by atoms with Crippen LogP contribution < -0.4 is 0 Å². The first-order chi connectivity index (χ1) is 15.8. The van der Waals surface area contributed by atoms with E-state index in [0.29, 0.717) is 12.0 Å². The van der Waals surface area contributed by atoms with Gasteiger partial charge in [0, 0.05) is 32.6 Å². The fourth-order valence-electron chi connectivity index (χ4n) is 7.21. The van der Waals surface area contributed by atoms with Crippen LogP contribution in [-0.4, -0.2) is 76.2 Å². The van der Waals surface area contributed by atoms with Crippen LogP contribution in [0.25, 0.3) is 0 Å². The van der Waals surface area contributed by atoms with Crippen molar-refractivity contribution < 1.29 is 43.2 Å². The molecule has 5 rings (SSSR count). The van der Waals surface area contributed by atoms with Gasteiger partial charge in [-0.1, -0.05) is 13.5 Å². The van der Waals surface area contributed by atoms with Crippen molar-refractivity contribution in [2.24, 2.45) is 17.3 Å². The maximum atomic E-state index is 12.8. The summed E-state index contributed by atoms with van der Waals surface area (Å²) >= 11 is 6.75.